The predicted molar refractivity (Wildman–Crippen MR) is 112 cm³/mol. The van der Waals surface area contributed by atoms with Gasteiger partial charge in [0.1, 0.15) is 0 Å². The van der Waals surface area contributed by atoms with E-state index in [0.29, 0.717) is 22.1 Å². The molecule has 10 heteroatoms. The van der Waals surface area contributed by atoms with Gasteiger partial charge >= 0.3 is 0 Å². The minimum Gasteiger partial charge on any atom is -0.449 e. The van der Waals surface area contributed by atoms with Crippen molar-refractivity contribution in [2.24, 2.45) is 0 Å². The van der Waals surface area contributed by atoms with E-state index in [0.717, 1.165) is 5.69 Å². The summed E-state index contributed by atoms with van der Waals surface area (Å²) in [6, 6.07) is 12.0. The highest BCUT2D eigenvalue weighted by Crippen LogP contribution is 2.21. The highest BCUT2D eigenvalue weighted by molar-refractivity contribution is 7.85. The molecule has 0 bridgehead atoms. The van der Waals surface area contributed by atoms with Crippen LogP contribution in [0.3, 0.4) is 0 Å². The quantitative estimate of drug-likeness (QED) is 0.334. The third-order valence-corrected chi connectivity index (χ3v) is 5.45. The summed E-state index contributed by atoms with van der Waals surface area (Å²) >= 11 is 0. The van der Waals surface area contributed by atoms with E-state index in [1.807, 2.05) is 31.1 Å². The molecule has 1 aliphatic carbocycles. The molecule has 1 heterocycles. The number of benzene rings is 2. The van der Waals surface area contributed by atoms with Gasteiger partial charge in [-0.2, -0.15) is 8.42 Å². The van der Waals surface area contributed by atoms with Crippen LogP contribution < -0.4 is 21.1 Å². The summed E-state index contributed by atoms with van der Waals surface area (Å²) in [6.45, 7) is 0. The van der Waals surface area contributed by atoms with Gasteiger partial charge in [0.15, 0.2) is 5.58 Å². The van der Waals surface area contributed by atoms with Gasteiger partial charge in [0.05, 0.1) is 21.4 Å². The van der Waals surface area contributed by atoms with E-state index in [9.17, 15) is 18.0 Å². The van der Waals surface area contributed by atoms with Crippen molar-refractivity contribution in [2.45, 2.75) is 4.90 Å². The first kappa shape index (κ1) is 19.7. The average Bonchev–Trinajstić information content (AvgIpc) is 2.70. The molecule has 0 unspecified atom stereocenters. The second-order valence-electron chi connectivity index (χ2n) is 6.89. The van der Waals surface area contributed by atoms with Crippen molar-refractivity contribution in [2.75, 3.05) is 24.3 Å². The molecular weight excluding hydrogens is 410 g/mol. The number of rotatable bonds is 4. The summed E-state index contributed by atoms with van der Waals surface area (Å²) in [5.74, 6) is 0. The molecule has 0 atom stereocenters. The van der Waals surface area contributed by atoms with Crippen molar-refractivity contribution < 1.29 is 17.4 Å². The van der Waals surface area contributed by atoms with Crippen LogP contribution in [0.4, 0.5) is 17.1 Å². The lowest BCUT2D eigenvalue weighted by Gasteiger charge is -2.12. The Bertz CT molecular complexity index is 1550. The summed E-state index contributed by atoms with van der Waals surface area (Å²) in [6.07, 6.45) is 0. The standard InChI is InChI=1S/C20H17N3O6S/c1-23(2)12-5-8-14-17(9-12)29-20-16(22-14)10-15(18(24)19(20)25)21-11-3-6-13(7-4-11)30(26,27)28/h3-10,21-22H,1-2H3,(H,26,27,28). The first-order chi connectivity index (χ1) is 14.1. The van der Waals surface area contributed by atoms with Crippen molar-refractivity contribution in [3.63, 3.8) is 0 Å². The van der Waals surface area contributed by atoms with Gasteiger partial charge in [0, 0.05) is 31.5 Å². The maximum absolute atomic E-state index is 12.6. The predicted octanol–water partition coefficient (Wildman–Crippen LogP) is 2.26. The van der Waals surface area contributed by atoms with E-state index in [4.69, 9.17) is 8.97 Å². The number of fused-ring (bicyclic) bond motifs is 1. The lowest BCUT2D eigenvalue weighted by molar-refractivity contribution is 0.483. The maximum atomic E-state index is 12.6. The maximum Gasteiger partial charge on any atom is 0.294 e. The Morgan fingerprint density at radius 3 is 2.33 bits per heavy atom. The summed E-state index contributed by atoms with van der Waals surface area (Å²) in [5, 5.41) is 3.13. The fourth-order valence-corrected chi connectivity index (χ4v) is 3.49. The number of hydrogen-bond acceptors (Lipinski definition) is 7. The minimum absolute atomic E-state index is 0.00261. The second-order valence-corrected chi connectivity index (χ2v) is 8.31. The molecule has 0 fully saturated rings. The Balaban J connectivity index is 1.83. The summed E-state index contributed by atoms with van der Waals surface area (Å²) in [5.41, 5.74) is 0.645. The molecule has 1 aliphatic heterocycles. The summed E-state index contributed by atoms with van der Waals surface area (Å²) in [7, 11) is -0.573. The van der Waals surface area contributed by atoms with Gasteiger partial charge in [-0.05, 0) is 42.5 Å². The second kappa shape index (κ2) is 7.01. The van der Waals surface area contributed by atoms with Gasteiger partial charge in [0.2, 0.25) is 5.42 Å². The van der Waals surface area contributed by atoms with Gasteiger partial charge in [-0.25, -0.2) is 0 Å². The first-order valence-corrected chi connectivity index (χ1v) is 10.2. The fourth-order valence-electron chi connectivity index (χ4n) is 3.01. The van der Waals surface area contributed by atoms with Crippen LogP contribution in [-0.2, 0) is 10.1 Å². The average molecular weight is 427 g/mol. The minimum atomic E-state index is -4.33. The number of nitrogens with zero attached hydrogens (tertiary/aromatic N) is 1. The van der Waals surface area contributed by atoms with Gasteiger partial charge in [0.25, 0.3) is 21.0 Å². The zero-order valence-electron chi connectivity index (χ0n) is 16.0. The molecule has 0 amide bonds. The molecule has 2 aromatic carbocycles. The van der Waals surface area contributed by atoms with Gasteiger partial charge in [-0.1, -0.05) is 0 Å². The molecule has 0 radical (unpaired) electrons. The molecular formula is C20H17N3O6S. The Labute approximate surface area is 170 Å². The molecule has 9 nitrogen and oxygen atoms in total. The van der Waals surface area contributed by atoms with Crippen LogP contribution >= 0.6 is 0 Å². The Hall–Kier alpha value is -3.63. The SMILES string of the molecule is CN(C)c1ccc2[nH]c3cc(Nc4ccc(S(=O)(=O)O)cc4)c(=O)c(=O)c=3oc2c1. The van der Waals surface area contributed by atoms with E-state index in [1.165, 1.54) is 30.3 Å². The van der Waals surface area contributed by atoms with E-state index < -0.39 is 21.0 Å². The highest BCUT2D eigenvalue weighted by Gasteiger charge is 2.12. The topological polar surface area (TPSA) is 133 Å². The number of hydrogen-bond donors (Lipinski definition) is 3. The van der Waals surface area contributed by atoms with E-state index >= 15 is 0 Å². The van der Waals surface area contributed by atoms with Crippen molar-refractivity contribution in [3.8, 4) is 0 Å². The molecule has 0 saturated heterocycles. The molecule has 3 N–H and O–H groups in total. The van der Waals surface area contributed by atoms with E-state index in [1.54, 1.807) is 6.07 Å². The number of aromatic amines is 1. The molecule has 0 aromatic heterocycles. The molecule has 2 aromatic rings. The number of H-pyrrole nitrogens is 1. The molecule has 154 valence electrons. The molecule has 4 rings (SSSR count). The summed E-state index contributed by atoms with van der Waals surface area (Å²) in [4.78, 5) is 29.8. The van der Waals surface area contributed by atoms with Crippen LogP contribution in [0.2, 0.25) is 0 Å². The lowest BCUT2D eigenvalue weighted by atomic mass is 10.2. The Morgan fingerprint density at radius 2 is 1.70 bits per heavy atom. The van der Waals surface area contributed by atoms with Gasteiger partial charge < -0.3 is 19.6 Å². The van der Waals surface area contributed by atoms with Gasteiger partial charge in [-0.15, -0.1) is 0 Å². The molecule has 0 saturated carbocycles. The van der Waals surface area contributed by atoms with Crippen molar-refractivity contribution >= 4 is 38.3 Å². The largest absolute Gasteiger partial charge is 0.449 e. The van der Waals surface area contributed by atoms with Crippen LogP contribution in [0.25, 0.3) is 11.1 Å². The van der Waals surface area contributed by atoms with Crippen LogP contribution in [0.15, 0.2) is 67.4 Å². The monoisotopic (exact) mass is 427 g/mol. The fraction of sp³-hybridized carbons (Fsp3) is 0.100. The van der Waals surface area contributed by atoms with Crippen molar-refractivity contribution in [1.82, 2.24) is 4.98 Å². The van der Waals surface area contributed by atoms with Crippen LogP contribution in [-0.4, -0.2) is 32.0 Å². The number of anilines is 3. The molecule has 30 heavy (non-hydrogen) atoms. The Morgan fingerprint density at radius 1 is 1.00 bits per heavy atom. The lowest BCUT2D eigenvalue weighted by Crippen LogP contribution is -2.27. The van der Waals surface area contributed by atoms with E-state index in [2.05, 4.69) is 10.3 Å². The van der Waals surface area contributed by atoms with Gasteiger partial charge in [-0.3, -0.25) is 14.1 Å². The van der Waals surface area contributed by atoms with E-state index in [-0.39, 0.29) is 16.0 Å². The number of nitrogens with one attached hydrogen (secondary N) is 2. The highest BCUT2D eigenvalue weighted by atomic mass is 32.2. The third-order valence-electron chi connectivity index (χ3n) is 4.58. The molecule has 0 spiro atoms. The zero-order valence-corrected chi connectivity index (χ0v) is 16.8. The third kappa shape index (κ3) is 3.53. The normalized spacial score (nSPS) is 11.7. The van der Waals surface area contributed by atoms with Crippen LogP contribution in [0.5, 0.6) is 0 Å². The van der Waals surface area contributed by atoms with Crippen molar-refractivity contribution in [3.05, 3.63) is 79.7 Å². The van der Waals surface area contributed by atoms with Crippen LogP contribution in [0, 0.1) is 10.8 Å². The van der Waals surface area contributed by atoms with Crippen LogP contribution in [0.1, 0.15) is 0 Å². The smallest absolute Gasteiger partial charge is 0.294 e. The van der Waals surface area contributed by atoms with Crippen molar-refractivity contribution in [1.29, 1.82) is 0 Å². The summed E-state index contributed by atoms with van der Waals surface area (Å²) < 4.78 is 37.0. The first-order valence-electron chi connectivity index (χ1n) is 8.79. The number of aromatic nitrogens is 1. The zero-order chi connectivity index (χ0) is 21.6. The molecule has 2 aliphatic rings. The Kier molecular flexibility index (Phi) is 4.60.